The molecule has 1 saturated heterocycles. The van der Waals surface area contributed by atoms with E-state index in [0.717, 1.165) is 13.1 Å². The largest absolute Gasteiger partial charge is 0.242 e. The number of rotatable bonds is 0. The molecule has 2 radical (unpaired) electrons. The Hall–Kier alpha value is -0.0400. The summed E-state index contributed by atoms with van der Waals surface area (Å²) in [4.78, 5) is 0. The number of hydrogen-bond acceptors (Lipinski definition) is 0. The summed E-state index contributed by atoms with van der Waals surface area (Å²) in [5.41, 5.74) is 0. The normalized spacial score (nSPS) is 24.0. The average molecular weight is 97.2 g/mol. The van der Waals surface area contributed by atoms with Crippen LogP contribution in [0.15, 0.2) is 0 Å². The highest BCUT2D eigenvalue weighted by atomic mass is 14.8. The molecule has 0 aromatic carbocycles. The lowest BCUT2D eigenvalue weighted by molar-refractivity contribution is 0.689. The maximum absolute atomic E-state index is 4.24. The zero-order valence-corrected chi connectivity index (χ0v) is 4.56. The summed E-state index contributed by atoms with van der Waals surface area (Å²) in [6.07, 6.45) is 6.10. The molecule has 1 heterocycles. The van der Waals surface area contributed by atoms with Crippen LogP contribution in [0.5, 0.6) is 0 Å². The summed E-state index contributed by atoms with van der Waals surface area (Å²) in [5.74, 6) is 0. The molecule has 1 aliphatic rings. The summed E-state index contributed by atoms with van der Waals surface area (Å²) in [7, 11) is 0. The van der Waals surface area contributed by atoms with Gasteiger partial charge in [-0.2, -0.15) is 0 Å². The maximum atomic E-state index is 4.24. The van der Waals surface area contributed by atoms with E-state index in [1.807, 2.05) is 0 Å². The monoisotopic (exact) mass is 97.1 g/mol. The molecule has 40 valence electrons. The van der Waals surface area contributed by atoms with Crippen molar-refractivity contribution in [1.82, 2.24) is 5.32 Å². The Bertz CT molecular complexity index is 23.8. The highest BCUT2D eigenvalue weighted by Gasteiger charge is 1.95. The lowest BCUT2D eigenvalue weighted by Gasteiger charge is -1.88. The molecule has 1 aliphatic heterocycles. The van der Waals surface area contributed by atoms with Crippen LogP contribution in [0.3, 0.4) is 0 Å². The van der Waals surface area contributed by atoms with Gasteiger partial charge in [0, 0.05) is 13.1 Å². The van der Waals surface area contributed by atoms with E-state index in [4.69, 9.17) is 0 Å². The number of nitrogens with zero attached hydrogens (tertiary/aromatic N) is 1. The summed E-state index contributed by atoms with van der Waals surface area (Å²) in [5, 5.41) is 4.24. The minimum absolute atomic E-state index is 1.07. The van der Waals surface area contributed by atoms with E-state index in [1.54, 1.807) is 0 Å². The molecule has 1 nitrogen and oxygen atoms in total. The molecular weight excluding hydrogens is 86.1 g/mol. The fourth-order valence-corrected chi connectivity index (χ4v) is 0.786. The molecule has 0 unspecified atom stereocenters. The first kappa shape index (κ1) is 5.10. The second kappa shape index (κ2) is 3.03. The molecule has 0 atom stereocenters. The highest BCUT2D eigenvalue weighted by molar-refractivity contribution is 4.69. The number of hydrogen-bond donors (Lipinski definition) is 0. The first-order chi connectivity index (χ1) is 3.50. The van der Waals surface area contributed by atoms with Crippen molar-refractivity contribution in [2.45, 2.75) is 19.3 Å². The van der Waals surface area contributed by atoms with Crippen LogP contribution in [-0.2, 0) is 0 Å². The molecule has 0 bridgehead atoms. The Morgan fingerprint density at radius 2 is 2.14 bits per heavy atom. The summed E-state index contributed by atoms with van der Waals surface area (Å²) in [6, 6.07) is 0. The van der Waals surface area contributed by atoms with Crippen molar-refractivity contribution >= 4 is 0 Å². The van der Waals surface area contributed by atoms with Crippen molar-refractivity contribution < 1.29 is 0 Å². The van der Waals surface area contributed by atoms with Crippen LogP contribution in [0.2, 0.25) is 0 Å². The van der Waals surface area contributed by atoms with Crippen molar-refractivity contribution in [2.24, 2.45) is 0 Å². The molecule has 7 heavy (non-hydrogen) atoms. The molecule has 0 amide bonds. The topological polar surface area (TPSA) is 14.1 Å². The van der Waals surface area contributed by atoms with Crippen molar-refractivity contribution in [3.05, 3.63) is 6.42 Å². The zero-order chi connectivity index (χ0) is 4.95. The van der Waals surface area contributed by atoms with Gasteiger partial charge >= 0.3 is 0 Å². The van der Waals surface area contributed by atoms with E-state index in [0.29, 0.717) is 0 Å². The minimum atomic E-state index is 1.07. The summed E-state index contributed by atoms with van der Waals surface area (Å²) >= 11 is 0. The highest BCUT2D eigenvalue weighted by Crippen LogP contribution is 2.00. The first-order valence-corrected chi connectivity index (χ1v) is 2.95. The maximum Gasteiger partial charge on any atom is 0.0136 e. The first-order valence-electron chi connectivity index (χ1n) is 2.95. The summed E-state index contributed by atoms with van der Waals surface area (Å²) in [6.45, 7) is 2.16. The van der Waals surface area contributed by atoms with Crippen LogP contribution >= 0.6 is 0 Å². The Labute approximate surface area is 45.1 Å². The van der Waals surface area contributed by atoms with Gasteiger partial charge in [-0.3, -0.25) is 0 Å². The Balaban J connectivity index is 2.04. The molecule has 0 aliphatic carbocycles. The molecule has 0 aromatic heterocycles. The third kappa shape index (κ3) is 1.93. The van der Waals surface area contributed by atoms with Gasteiger partial charge in [0.05, 0.1) is 0 Å². The molecule has 1 rings (SSSR count). The third-order valence-electron chi connectivity index (χ3n) is 1.22. The van der Waals surface area contributed by atoms with Gasteiger partial charge < -0.3 is 0 Å². The Morgan fingerprint density at radius 1 is 1.14 bits per heavy atom. The molecule has 0 saturated carbocycles. The predicted molar refractivity (Wildman–Crippen MR) is 30.0 cm³/mol. The van der Waals surface area contributed by atoms with Crippen LogP contribution in [0.4, 0.5) is 0 Å². The van der Waals surface area contributed by atoms with E-state index in [9.17, 15) is 0 Å². The average Bonchev–Trinajstić information content (AvgIpc) is 1.90. The quantitative estimate of drug-likeness (QED) is 0.428. The van der Waals surface area contributed by atoms with E-state index in [-0.39, 0.29) is 0 Å². The third-order valence-corrected chi connectivity index (χ3v) is 1.22. The van der Waals surface area contributed by atoms with Gasteiger partial charge in [0.1, 0.15) is 0 Å². The van der Waals surface area contributed by atoms with E-state index in [2.05, 4.69) is 11.7 Å². The van der Waals surface area contributed by atoms with Gasteiger partial charge in [0.25, 0.3) is 0 Å². The van der Waals surface area contributed by atoms with Gasteiger partial charge in [-0.1, -0.05) is 0 Å². The Morgan fingerprint density at radius 3 is 3.14 bits per heavy atom. The molecule has 1 heteroatoms. The molecular formula is C6H11N. The van der Waals surface area contributed by atoms with Gasteiger partial charge in [-0.25, -0.2) is 5.32 Å². The van der Waals surface area contributed by atoms with Gasteiger partial charge in [-0.15, -0.1) is 0 Å². The van der Waals surface area contributed by atoms with E-state index in [1.165, 1.54) is 19.3 Å². The molecule has 0 N–H and O–H groups in total. The summed E-state index contributed by atoms with van der Waals surface area (Å²) < 4.78 is 0. The lowest BCUT2D eigenvalue weighted by atomic mass is 10.2. The minimum Gasteiger partial charge on any atom is -0.242 e. The van der Waals surface area contributed by atoms with Crippen molar-refractivity contribution in [3.8, 4) is 0 Å². The van der Waals surface area contributed by atoms with E-state index < -0.39 is 0 Å². The van der Waals surface area contributed by atoms with Gasteiger partial charge in [0.2, 0.25) is 0 Å². The van der Waals surface area contributed by atoms with Crippen molar-refractivity contribution in [2.75, 3.05) is 13.1 Å². The fraction of sp³-hybridized carbons (Fsp3) is 0.833. The van der Waals surface area contributed by atoms with Crippen LogP contribution in [0.1, 0.15) is 19.3 Å². The second-order valence-electron chi connectivity index (χ2n) is 1.89. The van der Waals surface area contributed by atoms with Gasteiger partial charge in [0.15, 0.2) is 0 Å². The van der Waals surface area contributed by atoms with Crippen molar-refractivity contribution in [1.29, 1.82) is 0 Å². The predicted octanol–water partition coefficient (Wildman–Crippen LogP) is 0.979. The Kier molecular flexibility index (Phi) is 2.21. The molecule has 0 spiro atoms. The van der Waals surface area contributed by atoms with Crippen molar-refractivity contribution in [3.63, 3.8) is 0 Å². The van der Waals surface area contributed by atoms with Crippen LogP contribution in [0.25, 0.3) is 0 Å². The van der Waals surface area contributed by atoms with Crippen LogP contribution in [0, 0.1) is 6.42 Å². The van der Waals surface area contributed by atoms with Gasteiger partial charge in [-0.05, 0) is 25.7 Å². The zero-order valence-electron chi connectivity index (χ0n) is 4.56. The second-order valence-corrected chi connectivity index (χ2v) is 1.89. The van der Waals surface area contributed by atoms with Crippen LogP contribution in [-0.4, -0.2) is 13.1 Å². The SMILES string of the molecule is [CH]1CCC[N]CC1. The standard InChI is InChI=1S/C6H11N/c1-2-4-6-7-5-3-1/h1H,2-6H2. The van der Waals surface area contributed by atoms with E-state index >= 15 is 0 Å². The lowest BCUT2D eigenvalue weighted by Crippen LogP contribution is -2.03. The fourth-order valence-electron chi connectivity index (χ4n) is 0.786. The van der Waals surface area contributed by atoms with Crippen LogP contribution < -0.4 is 5.32 Å². The molecule has 0 aromatic rings. The molecule has 1 fully saturated rings. The smallest absolute Gasteiger partial charge is 0.0136 e.